The second kappa shape index (κ2) is 4.32. The first-order valence-electron chi connectivity index (χ1n) is 6.45. The Labute approximate surface area is 120 Å². The summed E-state index contributed by atoms with van der Waals surface area (Å²) in [6.45, 7) is 0. The Hall–Kier alpha value is -2.39. The average molecular weight is 276 g/mol. The number of hydrogen-bond donors (Lipinski definition) is 1. The Balaban J connectivity index is 2.17. The fourth-order valence-corrected chi connectivity index (χ4v) is 3.48. The summed E-state index contributed by atoms with van der Waals surface area (Å²) < 4.78 is 1.20. The molecule has 0 amide bonds. The van der Waals surface area contributed by atoms with E-state index < -0.39 is 0 Å². The largest absolute Gasteiger partial charge is 0.398 e. The second-order valence-corrected chi connectivity index (χ2v) is 5.64. The monoisotopic (exact) mass is 276 g/mol. The normalized spacial score (nSPS) is 11.2. The van der Waals surface area contributed by atoms with Crippen LogP contribution in [-0.2, 0) is 0 Å². The van der Waals surface area contributed by atoms with Crippen LogP contribution < -0.4 is 5.73 Å². The van der Waals surface area contributed by atoms with Crippen molar-refractivity contribution in [1.29, 1.82) is 0 Å². The van der Waals surface area contributed by atoms with E-state index in [1.165, 1.54) is 15.5 Å². The van der Waals surface area contributed by atoms with Gasteiger partial charge < -0.3 is 5.73 Å². The number of thiophene rings is 1. The summed E-state index contributed by atoms with van der Waals surface area (Å²) in [5, 5.41) is 4.56. The molecule has 0 unspecified atom stereocenters. The molecule has 0 aliphatic rings. The van der Waals surface area contributed by atoms with Crippen molar-refractivity contribution in [1.82, 2.24) is 4.98 Å². The van der Waals surface area contributed by atoms with Gasteiger partial charge in [0.05, 0.1) is 15.9 Å². The Kier molecular flexibility index (Phi) is 2.47. The van der Waals surface area contributed by atoms with Crippen LogP contribution in [-0.4, -0.2) is 4.98 Å². The fraction of sp³-hybridized carbons (Fsp3) is 0. The summed E-state index contributed by atoms with van der Waals surface area (Å²) in [7, 11) is 0. The number of nitrogen functional groups attached to an aromatic ring is 1. The lowest BCUT2D eigenvalue weighted by Crippen LogP contribution is -1.92. The highest BCUT2D eigenvalue weighted by Gasteiger charge is 2.12. The van der Waals surface area contributed by atoms with E-state index in [1.807, 2.05) is 30.3 Å². The quantitative estimate of drug-likeness (QED) is 0.512. The van der Waals surface area contributed by atoms with Crippen molar-refractivity contribution in [2.75, 3.05) is 5.73 Å². The lowest BCUT2D eigenvalue weighted by Gasteiger charge is -2.08. The number of para-hydroxylation sites is 2. The van der Waals surface area contributed by atoms with Crippen molar-refractivity contribution in [2.45, 2.75) is 0 Å². The molecule has 2 aromatic heterocycles. The van der Waals surface area contributed by atoms with Crippen LogP contribution in [0.25, 0.3) is 32.2 Å². The number of pyridine rings is 1. The minimum atomic E-state index is 0.769. The smallest absolute Gasteiger partial charge is 0.0908 e. The number of anilines is 1. The molecular weight excluding hydrogens is 264 g/mol. The number of hydrogen-bond acceptors (Lipinski definition) is 3. The molecule has 2 heterocycles. The summed E-state index contributed by atoms with van der Waals surface area (Å²) in [6.07, 6.45) is 0. The molecule has 2 N–H and O–H groups in total. The summed E-state index contributed by atoms with van der Waals surface area (Å²) in [6, 6.07) is 18.3. The third-order valence-electron chi connectivity index (χ3n) is 3.52. The van der Waals surface area contributed by atoms with Crippen molar-refractivity contribution in [3.8, 4) is 11.3 Å². The van der Waals surface area contributed by atoms with Crippen molar-refractivity contribution < 1.29 is 0 Å². The van der Waals surface area contributed by atoms with Gasteiger partial charge >= 0.3 is 0 Å². The number of fused-ring (bicyclic) bond motifs is 3. The number of nitrogens with two attached hydrogens (primary N) is 1. The summed E-state index contributed by atoms with van der Waals surface area (Å²) in [5.74, 6) is 0. The lowest BCUT2D eigenvalue weighted by molar-refractivity contribution is 1.44. The maximum Gasteiger partial charge on any atom is 0.0908 e. The van der Waals surface area contributed by atoms with Crippen LogP contribution in [0.5, 0.6) is 0 Å². The van der Waals surface area contributed by atoms with Gasteiger partial charge in [0.2, 0.25) is 0 Å². The van der Waals surface area contributed by atoms with E-state index in [2.05, 4.69) is 29.6 Å². The first-order chi connectivity index (χ1) is 9.84. The van der Waals surface area contributed by atoms with Crippen molar-refractivity contribution in [2.24, 2.45) is 0 Å². The van der Waals surface area contributed by atoms with E-state index >= 15 is 0 Å². The topological polar surface area (TPSA) is 38.9 Å². The highest BCUT2D eigenvalue weighted by molar-refractivity contribution is 7.18. The molecule has 0 atom stereocenters. The van der Waals surface area contributed by atoms with Crippen molar-refractivity contribution in [3.05, 3.63) is 60.0 Å². The van der Waals surface area contributed by atoms with E-state index in [0.717, 1.165) is 22.5 Å². The van der Waals surface area contributed by atoms with Gasteiger partial charge in [-0.05, 0) is 23.6 Å². The molecule has 0 saturated heterocycles. The number of rotatable bonds is 1. The van der Waals surface area contributed by atoms with Crippen LogP contribution in [0, 0.1) is 0 Å². The molecule has 0 spiro atoms. The van der Waals surface area contributed by atoms with Gasteiger partial charge in [-0.2, -0.15) is 0 Å². The van der Waals surface area contributed by atoms with Crippen LogP contribution >= 0.6 is 11.3 Å². The highest BCUT2D eigenvalue weighted by atomic mass is 32.1. The highest BCUT2D eigenvalue weighted by Crippen LogP contribution is 2.37. The van der Waals surface area contributed by atoms with Gasteiger partial charge in [-0.15, -0.1) is 11.3 Å². The van der Waals surface area contributed by atoms with Crippen LogP contribution in [0.3, 0.4) is 0 Å². The van der Waals surface area contributed by atoms with Crippen LogP contribution in [0.1, 0.15) is 0 Å². The van der Waals surface area contributed by atoms with Gasteiger partial charge in [-0.1, -0.05) is 36.4 Å². The second-order valence-electron chi connectivity index (χ2n) is 4.73. The molecule has 3 heteroatoms. The van der Waals surface area contributed by atoms with Crippen LogP contribution in [0.15, 0.2) is 60.0 Å². The average Bonchev–Trinajstić information content (AvgIpc) is 2.97. The minimum absolute atomic E-state index is 0.769. The molecular formula is C17H12N2S. The molecule has 0 radical (unpaired) electrons. The minimum Gasteiger partial charge on any atom is -0.398 e. The molecule has 0 aliphatic carbocycles. The van der Waals surface area contributed by atoms with E-state index in [1.54, 1.807) is 11.3 Å². The molecule has 0 bridgehead atoms. The third-order valence-corrected chi connectivity index (χ3v) is 4.44. The third kappa shape index (κ3) is 1.60. The van der Waals surface area contributed by atoms with Gasteiger partial charge in [0.15, 0.2) is 0 Å². The molecule has 2 nitrogen and oxygen atoms in total. The zero-order valence-electron chi connectivity index (χ0n) is 10.7. The number of benzene rings is 2. The standard InChI is InChI=1S/C17H12N2S/c18-14-7-3-1-6-13(14)16-17-12(9-10-20-17)11-5-2-4-8-15(11)19-16/h1-10H,18H2. The SMILES string of the molecule is Nc1ccccc1-c1nc2ccccc2c2ccsc12. The van der Waals surface area contributed by atoms with Gasteiger partial charge in [-0.3, -0.25) is 0 Å². The maximum atomic E-state index is 6.12. The first kappa shape index (κ1) is 11.4. The van der Waals surface area contributed by atoms with Gasteiger partial charge in [-0.25, -0.2) is 4.98 Å². The number of nitrogens with zero attached hydrogens (tertiary/aromatic N) is 1. The zero-order valence-corrected chi connectivity index (χ0v) is 11.5. The van der Waals surface area contributed by atoms with Crippen LogP contribution in [0.2, 0.25) is 0 Å². The summed E-state index contributed by atoms with van der Waals surface area (Å²) in [4.78, 5) is 4.84. The van der Waals surface area contributed by atoms with Gasteiger partial charge in [0, 0.05) is 22.0 Å². The Bertz CT molecular complexity index is 924. The molecule has 0 aliphatic heterocycles. The van der Waals surface area contributed by atoms with Crippen molar-refractivity contribution in [3.63, 3.8) is 0 Å². The molecule has 96 valence electrons. The summed E-state index contributed by atoms with van der Waals surface area (Å²) in [5.41, 5.74) is 9.88. The van der Waals surface area contributed by atoms with Gasteiger partial charge in [0.25, 0.3) is 0 Å². The van der Waals surface area contributed by atoms with Crippen molar-refractivity contribution >= 4 is 38.0 Å². The van der Waals surface area contributed by atoms with E-state index in [0.29, 0.717) is 0 Å². The number of aromatic nitrogens is 1. The molecule has 0 saturated carbocycles. The first-order valence-corrected chi connectivity index (χ1v) is 7.33. The summed E-state index contributed by atoms with van der Waals surface area (Å²) >= 11 is 1.71. The van der Waals surface area contributed by atoms with E-state index in [4.69, 9.17) is 10.7 Å². The van der Waals surface area contributed by atoms with E-state index in [-0.39, 0.29) is 0 Å². The Morgan fingerprint density at radius 1 is 0.850 bits per heavy atom. The van der Waals surface area contributed by atoms with Crippen LogP contribution in [0.4, 0.5) is 5.69 Å². The molecule has 2 aromatic carbocycles. The predicted molar refractivity (Wildman–Crippen MR) is 87.0 cm³/mol. The molecule has 20 heavy (non-hydrogen) atoms. The Morgan fingerprint density at radius 2 is 1.65 bits per heavy atom. The Morgan fingerprint density at radius 3 is 2.55 bits per heavy atom. The van der Waals surface area contributed by atoms with Gasteiger partial charge in [0.1, 0.15) is 0 Å². The zero-order chi connectivity index (χ0) is 13.5. The molecule has 4 rings (SSSR count). The fourth-order valence-electron chi connectivity index (χ4n) is 2.57. The molecule has 4 aromatic rings. The molecule has 0 fully saturated rings. The lowest BCUT2D eigenvalue weighted by atomic mass is 10.1. The maximum absolute atomic E-state index is 6.12. The predicted octanol–water partition coefficient (Wildman–Crippen LogP) is 4.70. The van der Waals surface area contributed by atoms with E-state index in [9.17, 15) is 0 Å².